The molecule has 0 bridgehead atoms. The van der Waals surface area contributed by atoms with Gasteiger partial charge in [-0.2, -0.15) is 0 Å². The molecule has 0 amide bonds. The Labute approximate surface area is 286 Å². The number of rotatable bonds is 3. The second kappa shape index (κ2) is 10.7. The zero-order valence-electron chi connectivity index (χ0n) is 30.8. The van der Waals surface area contributed by atoms with Crippen LogP contribution in [0, 0.1) is 0 Å². The van der Waals surface area contributed by atoms with Gasteiger partial charge in [0, 0.05) is 27.8 Å². The Hall–Kier alpha value is -6.18. The highest BCUT2D eigenvalue weighted by Crippen LogP contribution is 2.57. The van der Waals surface area contributed by atoms with E-state index in [0.717, 1.165) is 60.9 Å². The predicted molar refractivity (Wildman–Crippen MR) is 201 cm³/mol. The first-order valence-corrected chi connectivity index (χ1v) is 16.2. The summed E-state index contributed by atoms with van der Waals surface area (Å²) in [6.45, 7) is 0. The molecule has 1 heterocycles. The van der Waals surface area contributed by atoms with Crippen LogP contribution in [0.15, 0.2) is 176 Å². The number of ether oxygens (including phenoxy) is 1. The minimum atomic E-state index is -0.391. The van der Waals surface area contributed by atoms with E-state index in [0.29, 0.717) is 5.56 Å². The van der Waals surface area contributed by atoms with E-state index >= 15 is 0 Å². The van der Waals surface area contributed by atoms with Crippen LogP contribution in [-0.2, 0) is 0 Å². The first-order valence-electron chi connectivity index (χ1n) is 18.7. The van der Waals surface area contributed by atoms with Crippen LogP contribution in [0.3, 0.4) is 0 Å². The van der Waals surface area contributed by atoms with Crippen molar-refractivity contribution in [3.63, 3.8) is 0 Å². The fourth-order valence-corrected chi connectivity index (χ4v) is 7.74. The van der Waals surface area contributed by atoms with Gasteiger partial charge >= 0.3 is 0 Å². The summed E-state index contributed by atoms with van der Waals surface area (Å²) in [7, 11) is 0. The molecule has 0 saturated carbocycles. The average Bonchev–Trinajstić information content (AvgIpc) is 3.22. The zero-order chi connectivity index (χ0) is 36.0. The van der Waals surface area contributed by atoms with Gasteiger partial charge in [-0.1, -0.05) is 176 Å². The van der Waals surface area contributed by atoms with E-state index < -0.39 is 6.04 Å². The predicted octanol–water partition coefficient (Wildman–Crippen LogP) is 12.9. The molecule has 48 heavy (non-hydrogen) atoms. The van der Waals surface area contributed by atoms with Gasteiger partial charge in [-0.15, -0.1) is 0 Å². The second-order valence-corrected chi connectivity index (χ2v) is 12.4. The third-order valence-corrected chi connectivity index (χ3v) is 9.88. The molecule has 9 aromatic carbocycles. The Morgan fingerprint density at radius 2 is 0.708 bits per heavy atom. The van der Waals surface area contributed by atoms with Gasteiger partial charge in [0.25, 0.3) is 0 Å². The first kappa shape index (κ1) is 22.4. The summed E-state index contributed by atoms with van der Waals surface area (Å²) in [6, 6.07) is 49.2. The molecular formula is C47H30O. The third-order valence-electron chi connectivity index (χ3n) is 9.88. The molecule has 9 aromatic rings. The average molecular weight is 616 g/mol. The monoisotopic (exact) mass is 615 g/mol. The Bertz CT molecular complexity index is 2820. The van der Waals surface area contributed by atoms with Crippen molar-refractivity contribution in [2.75, 3.05) is 0 Å². The molecule has 0 fully saturated rings. The highest BCUT2D eigenvalue weighted by atomic mass is 16.5. The molecule has 0 unspecified atom stereocenters. The first-order chi connectivity index (χ1) is 25.9. The molecule has 1 heteroatoms. The van der Waals surface area contributed by atoms with Crippen LogP contribution in [0.5, 0.6) is 11.5 Å². The van der Waals surface area contributed by atoms with Gasteiger partial charge in [0.2, 0.25) is 0 Å². The Kier molecular flexibility index (Phi) is 4.98. The van der Waals surface area contributed by atoms with Crippen molar-refractivity contribution in [2.45, 2.75) is 5.92 Å². The highest BCUT2D eigenvalue weighted by Gasteiger charge is 2.35. The zero-order valence-corrected chi connectivity index (χ0v) is 25.8. The molecule has 0 radical (unpaired) electrons. The fourth-order valence-electron chi connectivity index (χ4n) is 7.74. The van der Waals surface area contributed by atoms with Crippen LogP contribution in [0.1, 0.15) is 29.5 Å². The van der Waals surface area contributed by atoms with Gasteiger partial charge in [-0.05, 0) is 60.1 Å². The summed E-state index contributed by atoms with van der Waals surface area (Å²) in [4.78, 5) is 0. The van der Waals surface area contributed by atoms with Crippen molar-refractivity contribution in [1.29, 1.82) is 0 Å². The van der Waals surface area contributed by atoms with E-state index in [1.54, 1.807) is 0 Å². The second-order valence-electron chi connectivity index (χ2n) is 12.4. The molecule has 224 valence electrons. The molecule has 0 spiro atoms. The number of hydrogen-bond acceptors (Lipinski definition) is 1. The van der Waals surface area contributed by atoms with Gasteiger partial charge in [-0.3, -0.25) is 0 Å². The van der Waals surface area contributed by atoms with Crippen molar-refractivity contribution in [3.05, 3.63) is 192 Å². The molecule has 0 atom stereocenters. The summed E-state index contributed by atoms with van der Waals surface area (Å²) in [6.07, 6.45) is 0. The molecular weight excluding hydrogens is 581 g/mol. The van der Waals surface area contributed by atoms with Gasteiger partial charge in [-0.25, -0.2) is 0 Å². The molecule has 1 aliphatic rings. The summed E-state index contributed by atoms with van der Waals surface area (Å²) >= 11 is 0. The van der Waals surface area contributed by atoms with Crippen LogP contribution < -0.4 is 4.74 Å². The van der Waals surface area contributed by atoms with Crippen LogP contribution in [-0.4, -0.2) is 0 Å². The van der Waals surface area contributed by atoms with Gasteiger partial charge in [0.05, 0.1) is 6.85 Å². The minimum absolute atomic E-state index is 0.127. The van der Waals surface area contributed by atoms with Crippen molar-refractivity contribution in [3.8, 4) is 33.8 Å². The lowest BCUT2D eigenvalue weighted by molar-refractivity contribution is 0.467. The van der Waals surface area contributed by atoms with Crippen molar-refractivity contribution in [1.82, 2.24) is 0 Å². The quantitative estimate of drug-likeness (QED) is 0.180. The summed E-state index contributed by atoms with van der Waals surface area (Å²) in [5.74, 6) is 1.66. The molecule has 0 aromatic heterocycles. The van der Waals surface area contributed by atoms with E-state index in [2.05, 4.69) is 121 Å². The van der Waals surface area contributed by atoms with Crippen LogP contribution in [0.25, 0.3) is 65.3 Å². The number of fused-ring (bicyclic) bond motifs is 12. The van der Waals surface area contributed by atoms with Crippen molar-refractivity contribution < 1.29 is 11.6 Å². The normalized spacial score (nSPS) is 14.1. The molecule has 1 aliphatic heterocycles. The molecule has 0 aliphatic carbocycles. The van der Waals surface area contributed by atoms with Gasteiger partial charge < -0.3 is 4.74 Å². The standard InChI is InChI=1S/C47H30O/c1-2-12-30(13-3-1)31-22-24-32(25-23-31)33-26-28-34(29-27-33)43-44-39-18-8-4-14-35(39)37-16-6-10-20-41(37)46(44)48-47-42-21-11-7-17-38(42)36-15-5-9-19-40(36)45(43)47/h1-29,43H/i1D,2D,3D,12D,13D. The maximum Gasteiger partial charge on any atom is 0.140 e. The van der Waals surface area contributed by atoms with E-state index in [4.69, 9.17) is 11.6 Å². The fraction of sp³-hybridized carbons (Fsp3) is 0.0213. The highest BCUT2D eigenvalue weighted by molar-refractivity contribution is 6.17. The van der Waals surface area contributed by atoms with Gasteiger partial charge in [0.1, 0.15) is 11.5 Å². The third kappa shape index (κ3) is 4.04. The lowest BCUT2D eigenvalue weighted by Crippen LogP contribution is -2.14. The van der Waals surface area contributed by atoms with E-state index in [-0.39, 0.29) is 35.7 Å². The lowest BCUT2D eigenvalue weighted by Gasteiger charge is -2.33. The van der Waals surface area contributed by atoms with Crippen LogP contribution in [0.4, 0.5) is 0 Å². The largest absolute Gasteiger partial charge is 0.455 e. The van der Waals surface area contributed by atoms with Crippen LogP contribution in [0.2, 0.25) is 0 Å². The molecule has 0 N–H and O–H groups in total. The lowest BCUT2D eigenvalue weighted by atomic mass is 9.76. The Morgan fingerprint density at radius 1 is 0.354 bits per heavy atom. The van der Waals surface area contributed by atoms with E-state index in [1.165, 1.54) is 21.5 Å². The topological polar surface area (TPSA) is 9.23 Å². The summed E-state index contributed by atoms with van der Waals surface area (Å²) in [5.41, 5.74) is 6.22. The molecule has 1 nitrogen and oxygen atoms in total. The van der Waals surface area contributed by atoms with Crippen LogP contribution >= 0.6 is 0 Å². The van der Waals surface area contributed by atoms with E-state index in [9.17, 15) is 0 Å². The van der Waals surface area contributed by atoms with Crippen molar-refractivity contribution >= 4 is 43.1 Å². The maximum atomic E-state index is 8.42. The minimum Gasteiger partial charge on any atom is -0.455 e. The summed E-state index contributed by atoms with van der Waals surface area (Å²) in [5, 5.41) is 9.23. The summed E-state index contributed by atoms with van der Waals surface area (Å²) < 4.78 is 48.2. The van der Waals surface area contributed by atoms with E-state index in [1.807, 2.05) is 24.3 Å². The van der Waals surface area contributed by atoms with Gasteiger partial charge in [0.15, 0.2) is 0 Å². The Morgan fingerprint density at radius 3 is 1.17 bits per heavy atom. The molecule has 0 saturated heterocycles. The smallest absolute Gasteiger partial charge is 0.140 e. The maximum absolute atomic E-state index is 8.42. The Balaban J connectivity index is 1.18. The van der Waals surface area contributed by atoms with Crippen molar-refractivity contribution in [2.24, 2.45) is 0 Å². The number of benzene rings is 9. The number of hydrogen-bond donors (Lipinski definition) is 0. The SMILES string of the molecule is [2H]c1c([2H])c([2H])c(-c2ccc(-c3ccc(C4c5c(c6ccccc6c6ccccc56)Oc5c4c4ccccc4c4ccccc54)cc3)cc2)c([2H])c1[2H]. The molecule has 10 rings (SSSR count).